The first-order valence-electron chi connectivity index (χ1n) is 7.93. The SMILES string of the molecule is COC(=O)[C@@H]1CC[C@H](CO)C1.COC(=O)[C@H]1CC[C@@H](CO)C1. The van der Waals surface area contributed by atoms with Crippen LogP contribution < -0.4 is 0 Å². The summed E-state index contributed by atoms with van der Waals surface area (Å²) in [5.74, 6) is 0.467. The van der Waals surface area contributed by atoms with Gasteiger partial charge in [0.15, 0.2) is 0 Å². The number of aliphatic hydroxyl groups excluding tert-OH is 2. The van der Waals surface area contributed by atoms with E-state index in [2.05, 4.69) is 9.47 Å². The number of carbonyl (C=O) groups is 2. The number of ether oxygens (including phenoxy) is 2. The van der Waals surface area contributed by atoms with Crippen LogP contribution in [0.25, 0.3) is 0 Å². The summed E-state index contributed by atoms with van der Waals surface area (Å²) in [6, 6.07) is 0. The van der Waals surface area contributed by atoms with E-state index < -0.39 is 0 Å². The van der Waals surface area contributed by atoms with Gasteiger partial charge in [0.1, 0.15) is 0 Å². The Kier molecular flexibility index (Phi) is 8.42. The zero-order chi connectivity index (χ0) is 16.5. The van der Waals surface area contributed by atoms with Crippen molar-refractivity contribution in [2.24, 2.45) is 23.7 Å². The smallest absolute Gasteiger partial charge is 0.308 e. The van der Waals surface area contributed by atoms with Gasteiger partial charge in [-0.25, -0.2) is 0 Å². The Bertz CT molecular complexity index is 323. The summed E-state index contributed by atoms with van der Waals surface area (Å²) in [5, 5.41) is 17.6. The van der Waals surface area contributed by atoms with Crippen LogP contribution in [0.5, 0.6) is 0 Å². The molecule has 0 spiro atoms. The van der Waals surface area contributed by atoms with Crippen molar-refractivity contribution in [2.75, 3.05) is 27.4 Å². The van der Waals surface area contributed by atoms with Gasteiger partial charge in [-0.15, -0.1) is 0 Å². The van der Waals surface area contributed by atoms with Crippen LogP contribution in [0.15, 0.2) is 0 Å². The fourth-order valence-corrected chi connectivity index (χ4v) is 3.24. The second-order valence-electron chi connectivity index (χ2n) is 6.16. The van der Waals surface area contributed by atoms with E-state index in [0.29, 0.717) is 11.8 Å². The zero-order valence-corrected chi connectivity index (χ0v) is 13.5. The summed E-state index contributed by atoms with van der Waals surface area (Å²) >= 11 is 0. The minimum Gasteiger partial charge on any atom is -0.469 e. The summed E-state index contributed by atoms with van der Waals surface area (Å²) in [5.41, 5.74) is 0. The molecule has 6 nitrogen and oxygen atoms in total. The molecule has 2 N–H and O–H groups in total. The van der Waals surface area contributed by atoms with E-state index in [1.165, 1.54) is 14.2 Å². The van der Waals surface area contributed by atoms with Crippen molar-refractivity contribution >= 4 is 11.9 Å². The molecule has 2 saturated carbocycles. The Morgan fingerprint density at radius 1 is 0.818 bits per heavy atom. The molecule has 0 aliphatic heterocycles. The molecule has 6 heteroatoms. The van der Waals surface area contributed by atoms with Crippen LogP contribution in [-0.4, -0.2) is 49.6 Å². The van der Waals surface area contributed by atoms with Gasteiger partial charge in [-0.05, 0) is 50.4 Å². The number of hydrogen-bond acceptors (Lipinski definition) is 6. The molecule has 0 heterocycles. The highest BCUT2D eigenvalue weighted by Crippen LogP contribution is 2.31. The van der Waals surface area contributed by atoms with Gasteiger partial charge in [0.25, 0.3) is 0 Å². The predicted octanol–water partition coefficient (Wildman–Crippen LogP) is 1.14. The van der Waals surface area contributed by atoms with Crippen molar-refractivity contribution in [3.05, 3.63) is 0 Å². The molecule has 0 aromatic heterocycles. The highest BCUT2D eigenvalue weighted by atomic mass is 16.5. The van der Waals surface area contributed by atoms with E-state index >= 15 is 0 Å². The van der Waals surface area contributed by atoms with Gasteiger partial charge in [0.05, 0.1) is 26.1 Å². The fourth-order valence-electron chi connectivity index (χ4n) is 3.24. The molecule has 22 heavy (non-hydrogen) atoms. The van der Waals surface area contributed by atoms with Crippen LogP contribution in [0.3, 0.4) is 0 Å². The molecule has 0 unspecified atom stereocenters. The van der Waals surface area contributed by atoms with Gasteiger partial charge in [0, 0.05) is 13.2 Å². The highest BCUT2D eigenvalue weighted by Gasteiger charge is 2.30. The molecule has 0 bridgehead atoms. The summed E-state index contributed by atoms with van der Waals surface area (Å²) in [7, 11) is 2.82. The molecular weight excluding hydrogens is 288 g/mol. The van der Waals surface area contributed by atoms with Crippen LogP contribution in [0.2, 0.25) is 0 Å². The second kappa shape index (κ2) is 9.79. The molecule has 2 rings (SSSR count). The van der Waals surface area contributed by atoms with Crippen molar-refractivity contribution < 1.29 is 29.3 Å². The van der Waals surface area contributed by atoms with E-state index in [1.54, 1.807) is 0 Å². The molecular formula is C16H28O6. The molecule has 4 atom stereocenters. The van der Waals surface area contributed by atoms with E-state index in [0.717, 1.165) is 38.5 Å². The first-order chi connectivity index (χ1) is 10.5. The van der Waals surface area contributed by atoms with E-state index in [4.69, 9.17) is 10.2 Å². The molecule has 2 aliphatic carbocycles. The molecule has 2 aliphatic rings. The van der Waals surface area contributed by atoms with Crippen molar-refractivity contribution in [3.8, 4) is 0 Å². The van der Waals surface area contributed by atoms with E-state index in [9.17, 15) is 9.59 Å². The maximum atomic E-state index is 11.0. The Morgan fingerprint density at radius 2 is 1.18 bits per heavy atom. The lowest BCUT2D eigenvalue weighted by Crippen LogP contribution is -2.13. The molecule has 0 aromatic rings. The number of esters is 2. The van der Waals surface area contributed by atoms with Crippen molar-refractivity contribution in [3.63, 3.8) is 0 Å². The zero-order valence-electron chi connectivity index (χ0n) is 13.5. The van der Waals surface area contributed by atoms with Crippen LogP contribution in [-0.2, 0) is 19.1 Å². The standard InChI is InChI=1S/2C8H14O3/c2*1-11-8(10)7-3-2-6(4-7)5-9/h2*6-7,9H,2-5H2,1H3/t2*6-,7+/m10/s1. The monoisotopic (exact) mass is 316 g/mol. The quantitative estimate of drug-likeness (QED) is 0.755. The van der Waals surface area contributed by atoms with E-state index in [-0.39, 0.29) is 37.0 Å². The molecule has 0 aromatic carbocycles. The maximum absolute atomic E-state index is 11.0. The Balaban J connectivity index is 0.000000220. The fraction of sp³-hybridized carbons (Fsp3) is 0.875. The summed E-state index contributed by atoms with van der Waals surface area (Å²) < 4.78 is 9.21. The lowest BCUT2D eigenvalue weighted by Gasteiger charge is -2.06. The number of hydrogen-bond donors (Lipinski definition) is 2. The van der Waals surface area contributed by atoms with Crippen LogP contribution in [0.4, 0.5) is 0 Å². The van der Waals surface area contributed by atoms with Crippen LogP contribution in [0.1, 0.15) is 38.5 Å². The Morgan fingerprint density at radius 3 is 1.41 bits per heavy atom. The van der Waals surface area contributed by atoms with Crippen LogP contribution in [0, 0.1) is 23.7 Å². The first kappa shape index (κ1) is 18.9. The topological polar surface area (TPSA) is 93.1 Å². The van der Waals surface area contributed by atoms with Gasteiger partial charge >= 0.3 is 11.9 Å². The highest BCUT2D eigenvalue weighted by molar-refractivity contribution is 5.72. The predicted molar refractivity (Wildman–Crippen MR) is 79.9 cm³/mol. The lowest BCUT2D eigenvalue weighted by atomic mass is 10.1. The third kappa shape index (κ3) is 5.57. The van der Waals surface area contributed by atoms with Gasteiger partial charge in [0.2, 0.25) is 0 Å². The summed E-state index contributed by atoms with van der Waals surface area (Å²) in [4.78, 5) is 21.9. The van der Waals surface area contributed by atoms with Gasteiger partial charge in [-0.2, -0.15) is 0 Å². The van der Waals surface area contributed by atoms with Crippen molar-refractivity contribution in [1.29, 1.82) is 0 Å². The molecule has 0 amide bonds. The molecule has 0 saturated heterocycles. The third-order valence-electron chi connectivity index (χ3n) is 4.67. The van der Waals surface area contributed by atoms with Gasteiger partial charge in [-0.3, -0.25) is 9.59 Å². The first-order valence-corrected chi connectivity index (χ1v) is 7.93. The number of rotatable bonds is 4. The summed E-state index contributed by atoms with van der Waals surface area (Å²) in [6.45, 7) is 0.404. The Hall–Kier alpha value is -1.14. The number of aliphatic hydroxyl groups is 2. The summed E-state index contributed by atoms with van der Waals surface area (Å²) in [6.07, 6.45) is 5.24. The van der Waals surface area contributed by atoms with Crippen LogP contribution >= 0.6 is 0 Å². The third-order valence-corrected chi connectivity index (χ3v) is 4.67. The Labute approximate surface area is 131 Å². The average Bonchev–Trinajstić information content (AvgIpc) is 3.22. The minimum absolute atomic E-state index is 0.0390. The van der Waals surface area contributed by atoms with Gasteiger partial charge in [-0.1, -0.05) is 0 Å². The average molecular weight is 316 g/mol. The van der Waals surface area contributed by atoms with Gasteiger partial charge < -0.3 is 19.7 Å². The van der Waals surface area contributed by atoms with Crippen molar-refractivity contribution in [2.45, 2.75) is 38.5 Å². The lowest BCUT2D eigenvalue weighted by molar-refractivity contribution is -0.146. The second-order valence-corrected chi connectivity index (χ2v) is 6.16. The largest absolute Gasteiger partial charge is 0.469 e. The molecule has 128 valence electrons. The van der Waals surface area contributed by atoms with Crippen molar-refractivity contribution in [1.82, 2.24) is 0 Å². The minimum atomic E-state index is -0.124. The number of carbonyl (C=O) groups excluding carboxylic acids is 2. The maximum Gasteiger partial charge on any atom is 0.308 e. The normalized spacial score (nSPS) is 30.4. The molecule has 0 radical (unpaired) electrons. The van der Waals surface area contributed by atoms with E-state index in [1.807, 2.05) is 0 Å². The number of methoxy groups -OCH3 is 2. The molecule has 2 fully saturated rings.